The topological polar surface area (TPSA) is 62.7 Å². The van der Waals surface area contributed by atoms with Crippen molar-refractivity contribution in [3.63, 3.8) is 0 Å². The Bertz CT molecular complexity index is 815. The molecule has 6 heteroatoms. The number of hydrogen-bond donors (Lipinski definition) is 0. The van der Waals surface area contributed by atoms with Gasteiger partial charge < -0.3 is 9.64 Å². The third-order valence-electron chi connectivity index (χ3n) is 4.82. The van der Waals surface area contributed by atoms with Gasteiger partial charge in [-0.3, -0.25) is 14.5 Å². The Morgan fingerprint density at radius 2 is 1.80 bits per heavy atom. The number of methoxy groups -OCH3 is 1. The van der Waals surface area contributed by atoms with Crippen LogP contribution in [0.25, 0.3) is 0 Å². The van der Waals surface area contributed by atoms with E-state index in [1.54, 1.807) is 37.6 Å². The number of imide groups is 1. The van der Waals surface area contributed by atoms with Crippen LogP contribution in [-0.4, -0.2) is 48.4 Å². The Kier molecular flexibility index (Phi) is 3.87. The Labute approximate surface area is 146 Å². The van der Waals surface area contributed by atoms with Crippen LogP contribution < -0.4 is 9.64 Å². The summed E-state index contributed by atoms with van der Waals surface area (Å²) in [5.74, 6) is 0.249. The van der Waals surface area contributed by atoms with Crippen molar-refractivity contribution in [2.45, 2.75) is 12.8 Å². The molecule has 25 heavy (non-hydrogen) atoms. The van der Waals surface area contributed by atoms with Crippen molar-refractivity contribution in [3.8, 4) is 5.88 Å². The minimum absolute atomic E-state index is 0.193. The number of hydrogen-bond acceptors (Lipinski definition) is 5. The minimum Gasteiger partial charge on any atom is -0.480 e. The number of rotatable bonds is 5. The van der Waals surface area contributed by atoms with Gasteiger partial charge in [0.15, 0.2) is 0 Å². The molecule has 0 saturated carbocycles. The number of ether oxygens (including phenoxy) is 1. The molecule has 0 spiro atoms. The predicted octanol–water partition coefficient (Wildman–Crippen LogP) is 2.14. The van der Waals surface area contributed by atoms with Crippen molar-refractivity contribution < 1.29 is 14.3 Å². The van der Waals surface area contributed by atoms with Crippen molar-refractivity contribution in [3.05, 3.63) is 53.2 Å². The third-order valence-corrected chi connectivity index (χ3v) is 4.82. The number of anilines is 1. The molecule has 0 atom stereocenters. The van der Waals surface area contributed by atoms with Crippen LogP contribution in [0.2, 0.25) is 0 Å². The van der Waals surface area contributed by atoms with Gasteiger partial charge in [-0.05, 0) is 36.6 Å². The SMILES string of the molecule is COc1nccc2c1N(CCCN1C(=O)c3ccccc3C1=O)CC2. The zero-order valence-corrected chi connectivity index (χ0v) is 14.1. The summed E-state index contributed by atoms with van der Waals surface area (Å²) in [5.41, 5.74) is 3.27. The highest BCUT2D eigenvalue weighted by atomic mass is 16.5. The summed E-state index contributed by atoms with van der Waals surface area (Å²) in [6.45, 7) is 2.07. The van der Waals surface area contributed by atoms with E-state index in [9.17, 15) is 9.59 Å². The molecular weight excluding hydrogens is 318 g/mol. The lowest BCUT2D eigenvalue weighted by atomic mass is 10.1. The standard InChI is InChI=1S/C19H19N3O3/c1-25-17-16-13(7-9-20-17)8-12-21(16)10-4-11-22-18(23)14-5-2-3-6-15(14)19(22)24/h2-3,5-7,9H,4,8,10-12H2,1H3. The quantitative estimate of drug-likeness (QED) is 0.782. The molecule has 0 bridgehead atoms. The van der Waals surface area contributed by atoms with Crippen LogP contribution in [0.3, 0.4) is 0 Å². The first-order chi connectivity index (χ1) is 12.2. The maximum absolute atomic E-state index is 12.4. The average molecular weight is 337 g/mol. The highest BCUT2D eigenvalue weighted by Gasteiger charge is 2.34. The number of carbonyl (C=O) groups excluding carboxylic acids is 2. The van der Waals surface area contributed by atoms with E-state index < -0.39 is 0 Å². The monoisotopic (exact) mass is 337 g/mol. The summed E-state index contributed by atoms with van der Waals surface area (Å²) in [5, 5.41) is 0. The first-order valence-corrected chi connectivity index (χ1v) is 8.42. The number of carbonyl (C=O) groups is 2. The molecule has 0 N–H and O–H groups in total. The van der Waals surface area contributed by atoms with Gasteiger partial charge in [-0.1, -0.05) is 12.1 Å². The molecule has 128 valence electrons. The van der Waals surface area contributed by atoms with Crippen LogP contribution >= 0.6 is 0 Å². The van der Waals surface area contributed by atoms with Gasteiger partial charge in [0.1, 0.15) is 5.69 Å². The maximum Gasteiger partial charge on any atom is 0.261 e. The van der Waals surface area contributed by atoms with Gasteiger partial charge in [-0.2, -0.15) is 0 Å². The number of fused-ring (bicyclic) bond motifs is 2. The van der Waals surface area contributed by atoms with E-state index in [-0.39, 0.29) is 11.8 Å². The van der Waals surface area contributed by atoms with E-state index in [4.69, 9.17) is 4.74 Å². The Morgan fingerprint density at radius 3 is 2.48 bits per heavy atom. The number of amides is 2. The second kappa shape index (κ2) is 6.20. The van der Waals surface area contributed by atoms with E-state index in [0.717, 1.165) is 25.2 Å². The molecule has 1 aromatic carbocycles. The van der Waals surface area contributed by atoms with Crippen molar-refractivity contribution in [1.29, 1.82) is 0 Å². The molecule has 1 aromatic heterocycles. The van der Waals surface area contributed by atoms with Gasteiger partial charge in [-0.15, -0.1) is 0 Å². The molecule has 2 aliphatic heterocycles. The van der Waals surface area contributed by atoms with Crippen LogP contribution in [0.4, 0.5) is 5.69 Å². The molecular formula is C19H19N3O3. The summed E-state index contributed by atoms with van der Waals surface area (Å²) in [6.07, 6.45) is 3.43. The average Bonchev–Trinajstić information content (AvgIpc) is 3.17. The lowest BCUT2D eigenvalue weighted by molar-refractivity contribution is 0.0653. The zero-order chi connectivity index (χ0) is 17.4. The molecule has 2 amide bonds. The third kappa shape index (κ3) is 2.54. The number of nitrogens with zero attached hydrogens (tertiary/aromatic N) is 3. The van der Waals surface area contributed by atoms with E-state index >= 15 is 0 Å². The fourth-order valence-corrected chi connectivity index (χ4v) is 3.61. The first-order valence-electron chi connectivity index (χ1n) is 8.42. The minimum atomic E-state index is -0.193. The molecule has 4 rings (SSSR count). The summed E-state index contributed by atoms with van der Waals surface area (Å²) >= 11 is 0. The second-order valence-corrected chi connectivity index (χ2v) is 6.23. The Balaban J connectivity index is 1.42. The zero-order valence-electron chi connectivity index (χ0n) is 14.1. The fraction of sp³-hybridized carbons (Fsp3) is 0.316. The van der Waals surface area contributed by atoms with E-state index in [1.165, 1.54) is 10.5 Å². The largest absolute Gasteiger partial charge is 0.480 e. The Hall–Kier alpha value is -2.89. The smallest absolute Gasteiger partial charge is 0.261 e. The molecule has 3 heterocycles. The van der Waals surface area contributed by atoms with Gasteiger partial charge in [0.05, 0.1) is 18.2 Å². The molecule has 2 aliphatic rings. The first kappa shape index (κ1) is 15.6. The summed E-state index contributed by atoms with van der Waals surface area (Å²) in [4.78, 5) is 32.6. The van der Waals surface area contributed by atoms with E-state index in [1.807, 2.05) is 6.07 Å². The van der Waals surface area contributed by atoms with Gasteiger partial charge in [-0.25, -0.2) is 4.98 Å². The van der Waals surface area contributed by atoms with Gasteiger partial charge in [0.25, 0.3) is 11.8 Å². The van der Waals surface area contributed by atoms with Crippen LogP contribution in [0.15, 0.2) is 36.5 Å². The van der Waals surface area contributed by atoms with E-state index in [2.05, 4.69) is 9.88 Å². The lowest BCUT2D eigenvalue weighted by Crippen LogP contribution is -2.33. The summed E-state index contributed by atoms with van der Waals surface area (Å²) < 4.78 is 5.37. The predicted molar refractivity (Wildman–Crippen MR) is 93.1 cm³/mol. The molecule has 0 aliphatic carbocycles. The van der Waals surface area contributed by atoms with Crippen molar-refractivity contribution in [1.82, 2.24) is 9.88 Å². The van der Waals surface area contributed by atoms with Gasteiger partial charge >= 0.3 is 0 Å². The van der Waals surface area contributed by atoms with Crippen LogP contribution in [-0.2, 0) is 6.42 Å². The van der Waals surface area contributed by atoms with Crippen molar-refractivity contribution in [2.75, 3.05) is 31.6 Å². The number of aromatic nitrogens is 1. The molecule has 6 nitrogen and oxygen atoms in total. The van der Waals surface area contributed by atoms with Crippen molar-refractivity contribution in [2.24, 2.45) is 0 Å². The maximum atomic E-state index is 12.4. The van der Waals surface area contributed by atoms with Crippen molar-refractivity contribution >= 4 is 17.5 Å². The summed E-state index contributed by atoms with van der Waals surface area (Å²) in [7, 11) is 1.62. The van der Waals surface area contributed by atoms with Gasteiger partial charge in [0, 0.05) is 25.8 Å². The van der Waals surface area contributed by atoms with Crippen LogP contribution in [0, 0.1) is 0 Å². The van der Waals surface area contributed by atoms with Crippen LogP contribution in [0.1, 0.15) is 32.7 Å². The number of pyridine rings is 1. The fourth-order valence-electron chi connectivity index (χ4n) is 3.61. The molecule has 0 unspecified atom stereocenters. The normalized spacial score (nSPS) is 15.6. The second-order valence-electron chi connectivity index (χ2n) is 6.23. The molecule has 2 aromatic rings. The molecule has 0 saturated heterocycles. The highest BCUT2D eigenvalue weighted by Crippen LogP contribution is 2.35. The summed E-state index contributed by atoms with van der Waals surface area (Å²) in [6, 6.07) is 9.01. The molecule has 0 radical (unpaired) electrons. The number of benzene rings is 1. The molecule has 0 fully saturated rings. The van der Waals surface area contributed by atoms with Gasteiger partial charge in [0.2, 0.25) is 5.88 Å². The Morgan fingerprint density at radius 1 is 1.08 bits per heavy atom. The van der Waals surface area contributed by atoms with Crippen LogP contribution in [0.5, 0.6) is 5.88 Å². The highest BCUT2D eigenvalue weighted by molar-refractivity contribution is 6.21. The lowest BCUT2D eigenvalue weighted by Gasteiger charge is -2.22. The van der Waals surface area contributed by atoms with E-state index in [0.29, 0.717) is 30.0 Å².